The van der Waals surface area contributed by atoms with Crippen molar-refractivity contribution in [3.63, 3.8) is 0 Å². The van der Waals surface area contributed by atoms with E-state index in [1.165, 1.54) is 12.1 Å². The molecule has 6 heteroatoms. The van der Waals surface area contributed by atoms with Gasteiger partial charge in [-0.1, -0.05) is 24.3 Å². The Morgan fingerprint density at radius 2 is 1.00 bits per heavy atom. The van der Waals surface area contributed by atoms with Crippen molar-refractivity contribution in [1.82, 2.24) is 0 Å². The van der Waals surface area contributed by atoms with Crippen LogP contribution in [0.1, 0.15) is 0 Å². The predicted molar refractivity (Wildman–Crippen MR) is 109 cm³/mol. The van der Waals surface area contributed by atoms with Crippen LogP contribution in [0.25, 0.3) is 10.8 Å². The zero-order chi connectivity index (χ0) is 19.7. The van der Waals surface area contributed by atoms with Gasteiger partial charge in [0.05, 0.1) is 11.4 Å². The number of phenolic OH excluding ortho intramolecular Hbond substituents is 2. The monoisotopic (exact) mass is 374 g/mol. The number of hydrogen-bond donors (Lipinski definition) is 4. The van der Waals surface area contributed by atoms with E-state index >= 15 is 0 Å². The summed E-state index contributed by atoms with van der Waals surface area (Å²) in [6.45, 7) is 0. The number of ether oxygens (including phenoxy) is 2. The molecule has 0 saturated heterocycles. The fraction of sp³-hybridized carbons (Fsp3) is 0. The predicted octanol–water partition coefficient (Wildman–Crippen LogP) is 5.00. The minimum Gasteiger partial charge on any atom is -0.506 e. The molecular weight excluding hydrogens is 356 g/mol. The van der Waals surface area contributed by atoms with E-state index in [9.17, 15) is 10.2 Å². The average molecular weight is 374 g/mol. The summed E-state index contributed by atoms with van der Waals surface area (Å²) < 4.78 is 11.9. The summed E-state index contributed by atoms with van der Waals surface area (Å²) in [5.74, 6) is 2.07. The van der Waals surface area contributed by atoms with Gasteiger partial charge in [0.15, 0.2) is 0 Å². The first-order valence-corrected chi connectivity index (χ1v) is 8.56. The highest BCUT2D eigenvalue weighted by atomic mass is 16.5. The van der Waals surface area contributed by atoms with Gasteiger partial charge in [-0.2, -0.15) is 0 Å². The average Bonchev–Trinajstić information content (AvgIpc) is 2.69. The molecule has 4 aromatic carbocycles. The Balaban J connectivity index is 1.71. The third-order valence-corrected chi connectivity index (χ3v) is 4.30. The van der Waals surface area contributed by atoms with Crippen LogP contribution in [0.3, 0.4) is 0 Å². The molecule has 6 nitrogen and oxygen atoms in total. The molecule has 140 valence electrons. The Labute approximate surface area is 161 Å². The molecule has 0 bridgehead atoms. The van der Waals surface area contributed by atoms with Crippen LogP contribution in [0.2, 0.25) is 0 Å². The molecule has 28 heavy (non-hydrogen) atoms. The fourth-order valence-electron chi connectivity index (χ4n) is 2.85. The number of benzene rings is 4. The Kier molecular flexibility index (Phi) is 4.29. The number of fused-ring (bicyclic) bond motifs is 1. The van der Waals surface area contributed by atoms with Gasteiger partial charge in [-0.05, 0) is 36.4 Å². The lowest BCUT2D eigenvalue weighted by atomic mass is 10.1. The van der Waals surface area contributed by atoms with Crippen molar-refractivity contribution in [3.8, 4) is 34.5 Å². The van der Waals surface area contributed by atoms with Crippen molar-refractivity contribution in [1.29, 1.82) is 0 Å². The standard InChI is InChI=1S/C22H18N2O4/c23-17-7-5-13(11-19(17)25)27-21-9-10-22(16-4-2-1-3-15(16)21)28-14-6-8-18(24)20(26)12-14/h1-12,25-26H,23-24H2. The van der Waals surface area contributed by atoms with Crippen molar-refractivity contribution in [2.75, 3.05) is 11.5 Å². The number of nitrogen functional groups attached to an aromatic ring is 2. The fourth-order valence-corrected chi connectivity index (χ4v) is 2.85. The number of aromatic hydroxyl groups is 2. The lowest BCUT2D eigenvalue weighted by Crippen LogP contribution is -1.91. The summed E-state index contributed by atoms with van der Waals surface area (Å²) in [6, 6.07) is 20.6. The van der Waals surface area contributed by atoms with Crippen LogP contribution >= 0.6 is 0 Å². The molecule has 0 unspecified atom stereocenters. The van der Waals surface area contributed by atoms with Gasteiger partial charge in [0.25, 0.3) is 0 Å². The van der Waals surface area contributed by atoms with E-state index in [2.05, 4.69) is 0 Å². The summed E-state index contributed by atoms with van der Waals surface area (Å²) >= 11 is 0. The Bertz CT molecular complexity index is 1080. The van der Waals surface area contributed by atoms with Gasteiger partial charge in [-0.3, -0.25) is 0 Å². The molecule has 0 aromatic heterocycles. The van der Waals surface area contributed by atoms with Crippen LogP contribution in [0.4, 0.5) is 11.4 Å². The van der Waals surface area contributed by atoms with E-state index < -0.39 is 0 Å². The molecule has 4 rings (SSSR count). The molecule has 0 heterocycles. The minimum atomic E-state index is -0.0371. The van der Waals surface area contributed by atoms with Gasteiger partial charge in [0, 0.05) is 22.9 Å². The second kappa shape index (κ2) is 6.92. The highest BCUT2D eigenvalue weighted by Gasteiger charge is 2.11. The molecule has 0 amide bonds. The first kappa shape index (κ1) is 17.4. The van der Waals surface area contributed by atoms with E-state index in [0.717, 1.165) is 10.8 Å². The van der Waals surface area contributed by atoms with Crippen LogP contribution < -0.4 is 20.9 Å². The summed E-state index contributed by atoms with van der Waals surface area (Å²) in [5.41, 5.74) is 11.8. The molecule has 4 aromatic rings. The largest absolute Gasteiger partial charge is 0.506 e. The third kappa shape index (κ3) is 3.31. The SMILES string of the molecule is Nc1ccc(Oc2ccc(Oc3ccc(N)c(O)c3)c3ccccc23)cc1O. The van der Waals surface area contributed by atoms with E-state index in [1.807, 2.05) is 24.3 Å². The first-order valence-electron chi connectivity index (χ1n) is 8.56. The van der Waals surface area contributed by atoms with Gasteiger partial charge in [0.2, 0.25) is 0 Å². The number of anilines is 2. The van der Waals surface area contributed by atoms with Gasteiger partial charge in [-0.25, -0.2) is 0 Å². The third-order valence-electron chi connectivity index (χ3n) is 4.30. The topological polar surface area (TPSA) is 111 Å². The second-order valence-corrected chi connectivity index (χ2v) is 6.25. The summed E-state index contributed by atoms with van der Waals surface area (Å²) in [7, 11) is 0. The number of hydrogen-bond acceptors (Lipinski definition) is 6. The molecule has 0 aliphatic heterocycles. The van der Waals surface area contributed by atoms with Crippen molar-refractivity contribution < 1.29 is 19.7 Å². The normalized spacial score (nSPS) is 10.7. The molecule has 0 aliphatic rings. The van der Waals surface area contributed by atoms with Gasteiger partial charge in [0.1, 0.15) is 34.5 Å². The molecule has 0 atom stereocenters. The van der Waals surface area contributed by atoms with Crippen molar-refractivity contribution >= 4 is 22.1 Å². The summed E-state index contributed by atoms with van der Waals surface area (Å²) in [6.07, 6.45) is 0. The van der Waals surface area contributed by atoms with Crippen LogP contribution in [0.15, 0.2) is 72.8 Å². The Hall–Kier alpha value is -4.06. The molecule has 0 spiro atoms. The maximum absolute atomic E-state index is 9.79. The van der Waals surface area contributed by atoms with E-state index in [-0.39, 0.29) is 22.9 Å². The highest BCUT2D eigenvalue weighted by Crippen LogP contribution is 2.39. The van der Waals surface area contributed by atoms with Crippen molar-refractivity contribution in [3.05, 3.63) is 72.8 Å². The molecular formula is C22H18N2O4. The van der Waals surface area contributed by atoms with Gasteiger partial charge >= 0.3 is 0 Å². The quantitative estimate of drug-likeness (QED) is 0.295. The zero-order valence-corrected chi connectivity index (χ0v) is 14.8. The van der Waals surface area contributed by atoms with E-state index in [0.29, 0.717) is 23.0 Å². The summed E-state index contributed by atoms with van der Waals surface area (Å²) in [4.78, 5) is 0. The zero-order valence-electron chi connectivity index (χ0n) is 14.8. The highest BCUT2D eigenvalue weighted by molar-refractivity contribution is 5.93. The van der Waals surface area contributed by atoms with Crippen LogP contribution in [0, 0.1) is 0 Å². The lowest BCUT2D eigenvalue weighted by Gasteiger charge is -2.14. The van der Waals surface area contributed by atoms with Crippen LogP contribution in [0.5, 0.6) is 34.5 Å². The Morgan fingerprint density at radius 1 is 0.571 bits per heavy atom. The molecule has 0 fully saturated rings. The molecule has 0 saturated carbocycles. The minimum absolute atomic E-state index is 0.0371. The van der Waals surface area contributed by atoms with Crippen LogP contribution in [-0.4, -0.2) is 10.2 Å². The number of nitrogens with two attached hydrogens (primary N) is 2. The second-order valence-electron chi connectivity index (χ2n) is 6.25. The van der Waals surface area contributed by atoms with Crippen molar-refractivity contribution in [2.45, 2.75) is 0 Å². The smallest absolute Gasteiger partial charge is 0.142 e. The maximum Gasteiger partial charge on any atom is 0.142 e. The molecule has 6 N–H and O–H groups in total. The van der Waals surface area contributed by atoms with Crippen molar-refractivity contribution in [2.24, 2.45) is 0 Å². The van der Waals surface area contributed by atoms with E-state index in [1.54, 1.807) is 36.4 Å². The van der Waals surface area contributed by atoms with Gasteiger partial charge in [-0.15, -0.1) is 0 Å². The van der Waals surface area contributed by atoms with E-state index in [4.69, 9.17) is 20.9 Å². The molecule has 0 aliphatic carbocycles. The van der Waals surface area contributed by atoms with Gasteiger partial charge < -0.3 is 31.2 Å². The van der Waals surface area contributed by atoms with Crippen LogP contribution in [-0.2, 0) is 0 Å². The Morgan fingerprint density at radius 3 is 1.39 bits per heavy atom. The summed E-state index contributed by atoms with van der Waals surface area (Å²) in [5, 5.41) is 21.2. The first-order chi connectivity index (χ1) is 13.5. The number of rotatable bonds is 4. The molecule has 0 radical (unpaired) electrons. The number of phenols is 2. The maximum atomic E-state index is 9.79. The lowest BCUT2D eigenvalue weighted by molar-refractivity contribution is 0.454.